The fraction of sp³-hybridized carbons (Fsp3) is 0.318. The highest BCUT2D eigenvalue weighted by molar-refractivity contribution is 5.67. The smallest absolute Gasteiger partial charge is 0.351 e. The minimum Gasteiger partial charge on any atom is -0.351 e. The van der Waals surface area contributed by atoms with Crippen LogP contribution in [-0.2, 0) is 6.18 Å². The number of benzene rings is 1. The van der Waals surface area contributed by atoms with Gasteiger partial charge in [0.2, 0.25) is 5.95 Å². The molecule has 8 heteroatoms. The highest BCUT2D eigenvalue weighted by Crippen LogP contribution is 2.31. The maximum absolute atomic E-state index is 12.8. The SMILES string of the molecule is FC(F)(F)c1ccc(Nc2cc(-c3ccncc3)nc(NC3CCCCC3)n2)cc1. The third-order valence-corrected chi connectivity index (χ3v) is 5.13. The monoisotopic (exact) mass is 413 g/mol. The second-order valence-corrected chi connectivity index (χ2v) is 7.38. The fourth-order valence-electron chi connectivity index (χ4n) is 3.57. The van der Waals surface area contributed by atoms with Crippen LogP contribution in [0.5, 0.6) is 0 Å². The lowest BCUT2D eigenvalue weighted by molar-refractivity contribution is -0.137. The van der Waals surface area contributed by atoms with Crippen molar-refractivity contribution in [3.8, 4) is 11.3 Å². The van der Waals surface area contributed by atoms with Crippen LogP contribution in [-0.4, -0.2) is 21.0 Å². The van der Waals surface area contributed by atoms with Gasteiger partial charge in [-0.25, -0.2) is 4.98 Å². The average Bonchev–Trinajstić information content (AvgIpc) is 2.75. The Morgan fingerprint density at radius 3 is 2.23 bits per heavy atom. The first-order valence-electron chi connectivity index (χ1n) is 9.98. The van der Waals surface area contributed by atoms with Gasteiger partial charge in [-0.2, -0.15) is 18.2 Å². The van der Waals surface area contributed by atoms with E-state index in [9.17, 15) is 13.2 Å². The predicted molar refractivity (Wildman–Crippen MR) is 110 cm³/mol. The first-order chi connectivity index (χ1) is 14.5. The molecule has 30 heavy (non-hydrogen) atoms. The van der Waals surface area contributed by atoms with Crippen molar-refractivity contribution in [1.82, 2.24) is 15.0 Å². The summed E-state index contributed by atoms with van der Waals surface area (Å²) in [4.78, 5) is 13.2. The molecule has 5 nitrogen and oxygen atoms in total. The number of alkyl halides is 3. The molecule has 156 valence electrons. The first-order valence-corrected chi connectivity index (χ1v) is 9.98. The highest BCUT2D eigenvalue weighted by Gasteiger charge is 2.30. The maximum atomic E-state index is 12.8. The minimum absolute atomic E-state index is 0.324. The maximum Gasteiger partial charge on any atom is 0.416 e. The number of pyridine rings is 1. The van der Waals surface area contributed by atoms with Gasteiger partial charge in [-0.1, -0.05) is 19.3 Å². The van der Waals surface area contributed by atoms with E-state index in [1.807, 2.05) is 12.1 Å². The summed E-state index contributed by atoms with van der Waals surface area (Å²) in [5.74, 6) is 1.01. The molecule has 0 radical (unpaired) electrons. The number of halogens is 3. The lowest BCUT2D eigenvalue weighted by Crippen LogP contribution is -2.23. The Balaban J connectivity index is 1.61. The van der Waals surface area contributed by atoms with E-state index in [0.29, 0.717) is 29.2 Å². The van der Waals surface area contributed by atoms with Gasteiger partial charge < -0.3 is 10.6 Å². The van der Waals surface area contributed by atoms with Gasteiger partial charge in [-0.05, 0) is 49.2 Å². The van der Waals surface area contributed by atoms with E-state index in [1.54, 1.807) is 18.5 Å². The molecule has 0 spiro atoms. The summed E-state index contributed by atoms with van der Waals surface area (Å²) in [7, 11) is 0. The Labute approximate surface area is 172 Å². The van der Waals surface area contributed by atoms with Gasteiger partial charge in [0.25, 0.3) is 0 Å². The summed E-state index contributed by atoms with van der Waals surface area (Å²) in [5, 5.41) is 6.52. The second kappa shape index (κ2) is 8.69. The molecule has 2 aromatic heterocycles. The van der Waals surface area contributed by atoms with E-state index in [2.05, 4.69) is 25.6 Å². The Hall–Kier alpha value is -3.16. The van der Waals surface area contributed by atoms with Crippen molar-refractivity contribution in [1.29, 1.82) is 0 Å². The predicted octanol–water partition coefficient (Wildman–Crippen LogP) is 6.05. The largest absolute Gasteiger partial charge is 0.416 e. The molecule has 1 fully saturated rings. The van der Waals surface area contributed by atoms with Crippen LogP contribution >= 0.6 is 0 Å². The van der Waals surface area contributed by atoms with Crippen LogP contribution < -0.4 is 10.6 Å². The molecule has 3 aromatic rings. The van der Waals surface area contributed by atoms with Crippen LogP contribution in [0.1, 0.15) is 37.7 Å². The van der Waals surface area contributed by atoms with Gasteiger partial charge in [-0.15, -0.1) is 0 Å². The van der Waals surface area contributed by atoms with Crippen molar-refractivity contribution >= 4 is 17.5 Å². The summed E-state index contributed by atoms with van der Waals surface area (Å²) in [6, 6.07) is 10.7. The number of aromatic nitrogens is 3. The molecule has 1 aliphatic carbocycles. The third kappa shape index (κ3) is 5.06. The summed E-state index contributed by atoms with van der Waals surface area (Å²) in [6.07, 6.45) is 4.77. The van der Waals surface area contributed by atoms with Crippen molar-refractivity contribution in [3.63, 3.8) is 0 Å². The quantitative estimate of drug-likeness (QED) is 0.533. The number of hydrogen-bond acceptors (Lipinski definition) is 5. The van der Waals surface area contributed by atoms with Crippen LogP contribution in [0.15, 0.2) is 54.9 Å². The van der Waals surface area contributed by atoms with Crippen LogP contribution in [0, 0.1) is 0 Å². The van der Waals surface area contributed by atoms with E-state index in [0.717, 1.165) is 30.5 Å². The minimum atomic E-state index is -4.36. The van der Waals surface area contributed by atoms with Crippen LogP contribution in [0.3, 0.4) is 0 Å². The van der Waals surface area contributed by atoms with Crippen molar-refractivity contribution in [2.45, 2.75) is 44.3 Å². The molecule has 1 aliphatic rings. The Morgan fingerprint density at radius 1 is 0.867 bits per heavy atom. The topological polar surface area (TPSA) is 62.7 Å². The number of anilines is 3. The molecule has 0 aliphatic heterocycles. The van der Waals surface area contributed by atoms with Crippen LogP contribution in [0.25, 0.3) is 11.3 Å². The molecule has 2 N–H and O–H groups in total. The summed E-state index contributed by atoms with van der Waals surface area (Å²) in [5.41, 5.74) is 1.42. The zero-order valence-corrected chi connectivity index (χ0v) is 16.3. The molecule has 0 amide bonds. The van der Waals surface area contributed by atoms with Gasteiger partial charge in [0.05, 0.1) is 11.3 Å². The summed E-state index contributed by atoms with van der Waals surface area (Å²) in [6.45, 7) is 0. The highest BCUT2D eigenvalue weighted by atomic mass is 19.4. The second-order valence-electron chi connectivity index (χ2n) is 7.38. The van der Waals surface area contributed by atoms with Crippen LogP contribution in [0.4, 0.5) is 30.6 Å². The summed E-state index contributed by atoms with van der Waals surface area (Å²) < 4.78 is 38.4. The normalized spacial score (nSPS) is 15.0. The summed E-state index contributed by atoms with van der Waals surface area (Å²) >= 11 is 0. The zero-order chi connectivity index (χ0) is 21.0. The molecule has 0 saturated heterocycles. The number of hydrogen-bond donors (Lipinski definition) is 2. The van der Waals surface area contributed by atoms with Gasteiger partial charge in [0.15, 0.2) is 0 Å². The van der Waals surface area contributed by atoms with Crippen molar-refractivity contribution in [2.75, 3.05) is 10.6 Å². The van der Waals surface area contributed by atoms with Gasteiger partial charge in [-0.3, -0.25) is 4.98 Å². The molecule has 0 atom stereocenters. The molecule has 2 heterocycles. The molecular weight excluding hydrogens is 391 g/mol. The van der Waals surface area contributed by atoms with E-state index < -0.39 is 11.7 Å². The van der Waals surface area contributed by atoms with E-state index in [-0.39, 0.29) is 0 Å². The molecule has 1 saturated carbocycles. The molecular formula is C22H22F3N5. The standard InChI is InChI=1S/C22H22F3N5/c23-22(24,25)16-6-8-18(9-7-16)27-20-14-19(15-10-12-26-13-11-15)29-21(30-20)28-17-4-2-1-3-5-17/h6-14,17H,1-5H2,(H2,27,28,29,30). The van der Waals surface area contributed by atoms with E-state index in [4.69, 9.17) is 0 Å². The van der Waals surface area contributed by atoms with E-state index in [1.165, 1.54) is 31.4 Å². The lowest BCUT2D eigenvalue weighted by atomic mass is 9.96. The Kier molecular flexibility index (Phi) is 5.83. The van der Waals surface area contributed by atoms with Gasteiger partial charge >= 0.3 is 6.18 Å². The number of rotatable bonds is 5. The first kappa shape index (κ1) is 20.1. The van der Waals surface area contributed by atoms with Crippen molar-refractivity contribution in [2.24, 2.45) is 0 Å². The Morgan fingerprint density at radius 2 is 1.57 bits per heavy atom. The fourth-order valence-corrected chi connectivity index (χ4v) is 3.57. The van der Waals surface area contributed by atoms with Gasteiger partial charge in [0, 0.05) is 35.8 Å². The Bertz CT molecular complexity index is 968. The third-order valence-electron chi connectivity index (χ3n) is 5.13. The van der Waals surface area contributed by atoms with Crippen molar-refractivity contribution < 1.29 is 13.2 Å². The molecule has 0 bridgehead atoms. The van der Waals surface area contributed by atoms with Crippen molar-refractivity contribution in [3.05, 3.63) is 60.4 Å². The lowest BCUT2D eigenvalue weighted by Gasteiger charge is -2.23. The van der Waals surface area contributed by atoms with Crippen LogP contribution in [0.2, 0.25) is 0 Å². The molecule has 1 aromatic carbocycles. The van der Waals surface area contributed by atoms with E-state index >= 15 is 0 Å². The average molecular weight is 413 g/mol. The number of nitrogens with one attached hydrogen (secondary N) is 2. The number of nitrogens with zero attached hydrogens (tertiary/aromatic N) is 3. The molecule has 4 rings (SSSR count). The zero-order valence-electron chi connectivity index (χ0n) is 16.3. The van der Waals surface area contributed by atoms with Gasteiger partial charge in [0.1, 0.15) is 5.82 Å². The molecule has 0 unspecified atom stereocenters.